The number of fused-ring (bicyclic) bond motifs is 3. The molecule has 180 valence electrons. The Labute approximate surface area is 201 Å². The second-order valence-corrected chi connectivity index (χ2v) is 8.40. The quantitative estimate of drug-likeness (QED) is 0.525. The number of hydrogen-bond donors (Lipinski definition) is 2. The van der Waals surface area contributed by atoms with Crippen molar-refractivity contribution in [2.45, 2.75) is 25.9 Å². The first-order valence-corrected chi connectivity index (χ1v) is 11.3. The number of halogens is 2. The average Bonchev–Trinajstić information content (AvgIpc) is 2.92. The first kappa shape index (κ1) is 24.1. The number of rotatable bonds is 6. The van der Waals surface area contributed by atoms with E-state index in [2.05, 4.69) is 10.6 Å². The molecule has 2 unspecified atom stereocenters. The number of hydrogen-bond acceptors (Lipinski definition) is 3. The van der Waals surface area contributed by atoms with Gasteiger partial charge in [0, 0.05) is 25.2 Å². The Balaban J connectivity index is 1.55. The number of amides is 3. The molecule has 0 saturated carbocycles. The number of likely N-dealkylation sites (N-methyl/N-ethyl adjacent to an activating group) is 1. The van der Waals surface area contributed by atoms with Crippen LogP contribution in [-0.4, -0.2) is 24.8 Å². The van der Waals surface area contributed by atoms with Gasteiger partial charge in [0.05, 0.1) is 5.69 Å². The molecule has 0 bridgehead atoms. The van der Waals surface area contributed by atoms with Crippen molar-refractivity contribution in [3.8, 4) is 11.1 Å². The lowest BCUT2D eigenvalue weighted by Gasteiger charge is -2.24. The van der Waals surface area contributed by atoms with E-state index in [9.17, 15) is 23.2 Å². The van der Waals surface area contributed by atoms with Gasteiger partial charge < -0.3 is 15.5 Å². The molecule has 35 heavy (non-hydrogen) atoms. The molecule has 0 saturated heterocycles. The first-order valence-electron chi connectivity index (χ1n) is 11.3. The van der Waals surface area contributed by atoms with Crippen LogP contribution in [0.2, 0.25) is 0 Å². The molecule has 8 heteroatoms. The third-order valence-corrected chi connectivity index (χ3v) is 6.12. The molecule has 1 aliphatic heterocycles. The Morgan fingerprint density at radius 2 is 1.57 bits per heavy atom. The normalized spacial score (nSPS) is 15.5. The van der Waals surface area contributed by atoms with E-state index in [1.165, 1.54) is 4.90 Å². The summed E-state index contributed by atoms with van der Waals surface area (Å²) < 4.78 is 26.9. The fourth-order valence-electron chi connectivity index (χ4n) is 4.33. The van der Waals surface area contributed by atoms with E-state index in [0.717, 1.165) is 29.3 Å². The predicted octanol–water partition coefficient (Wildman–Crippen LogP) is 4.11. The van der Waals surface area contributed by atoms with Gasteiger partial charge in [-0.1, -0.05) is 49.4 Å². The minimum atomic E-state index is -1.09. The molecule has 2 atom stereocenters. The Bertz CT molecular complexity index is 1270. The standard InChI is InChI=1S/C27H25F2N3O3/c1-3-19(25(33)30-15-16-12-17(28)14-18(29)13-16)26(34)31-24-22-10-5-4-8-20(22)21-9-6-7-11-23(21)32(2)27(24)35/h4-14,19,24H,3,15H2,1-2H3,(H,30,33)(H,31,34). The Hall–Kier alpha value is -4.07. The summed E-state index contributed by atoms with van der Waals surface area (Å²) in [6, 6.07) is 16.8. The summed E-state index contributed by atoms with van der Waals surface area (Å²) in [6.07, 6.45) is 0.174. The number of benzene rings is 3. The molecule has 3 aromatic rings. The van der Waals surface area contributed by atoms with E-state index < -0.39 is 35.4 Å². The van der Waals surface area contributed by atoms with E-state index in [1.54, 1.807) is 26.1 Å². The van der Waals surface area contributed by atoms with Crippen LogP contribution in [0.3, 0.4) is 0 Å². The summed E-state index contributed by atoms with van der Waals surface area (Å²) in [5.41, 5.74) is 3.26. The van der Waals surface area contributed by atoms with Crippen LogP contribution in [0.1, 0.15) is 30.5 Å². The number of carbonyl (C=O) groups is 3. The summed E-state index contributed by atoms with van der Waals surface area (Å²) >= 11 is 0. The zero-order valence-electron chi connectivity index (χ0n) is 19.3. The van der Waals surface area contributed by atoms with Crippen molar-refractivity contribution in [1.29, 1.82) is 0 Å². The second-order valence-electron chi connectivity index (χ2n) is 8.40. The van der Waals surface area contributed by atoms with Crippen LogP contribution >= 0.6 is 0 Å². The molecular formula is C27H25F2N3O3. The molecule has 1 aliphatic rings. The lowest BCUT2D eigenvalue weighted by atomic mass is 9.94. The highest BCUT2D eigenvalue weighted by molar-refractivity contribution is 6.07. The van der Waals surface area contributed by atoms with Crippen LogP contribution in [-0.2, 0) is 20.9 Å². The Kier molecular flexibility index (Phi) is 6.91. The number of nitrogens with one attached hydrogen (secondary N) is 2. The summed E-state index contributed by atoms with van der Waals surface area (Å²) in [7, 11) is 1.65. The van der Waals surface area contributed by atoms with Gasteiger partial charge >= 0.3 is 0 Å². The molecule has 2 N–H and O–H groups in total. The zero-order chi connectivity index (χ0) is 25.1. The van der Waals surface area contributed by atoms with Crippen molar-refractivity contribution in [3.63, 3.8) is 0 Å². The van der Waals surface area contributed by atoms with Gasteiger partial charge in [-0.05, 0) is 41.3 Å². The smallest absolute Gasteiger partial charge is 0.253 e. The minimum absolute atomic E-state index is 0.138. The minimum Gasteiger partial charge on any atom is -0.351 e. The summed E-state index contributed by atoms with van der Waals surface area (Å²) in [6.45, 7) is 1.54. The number of para-hydroxylation sites is 1. The van der Waals surface area contributed by atoms with Gasteiger partial charge in [0.2, 0.25) is 11.8 Å². The molecule has 0 aromatic heterocycles. The molecule has 0 fully saturated rings. The van der Waals surface area contributed by atoms with Crippen LogP contribution in [0.15, 0.2) is 66.7 Å². The van der Waals surface area contributed by atoms with Crippen molar-refractivity contribution in [1.82, 2.24) is 10.6 Å². The predicted molar refractivity (Wildman–Crippen MR) is 128 cm³/mol. The van der Waals surface area contributed by atoms with Crippen molar-refractivity contribution < 1.29 is 23.2 Å². The summed E-state index contributed by atoms with van der Waals surface area (Å²) in [5, 5.41) is 5.33. The van der Waals surface area contributed by atoms with E-state index in [-0.39, 0.29) is 24.4 Å². The highest BCUT2D eigenvalue weighted by atomic mass is 19.1. The van der Waals surface area contributed by atoms with Crippen LogP contribution in [0.4, 0.5) is 14.5 Å². The van der Waals surface area contributed by atoms with E-state index in [1.807, 2.05) is 36.4 Å². The maximum atomic E-state index is 13.4. The van der Waals surface area contributed by atoms with E-state index in [4.69, 9.17) is 0 Å². The molecule has 1 heterocycles. The molecule has 3 aromatic carbocycles. The van der Waals surface area contributed by atoms with Crippen molar-refractivity contribution in [2.75, 3.05) is 11.9 Å². The largest absolute Gasteiger partial charge is 0.351 e. The van der Waals surface area contributed by atoms with Crippen molar-refractivity contribution in [2.24, 2.45) is 5.92 Å². The van der Waals surface area contributed by atoms with Gasteiger partial charge in [-0.3, -0.25) is 14.4 Å². The molecule has 6 nitrogen and oxygen atoms in total. The third kappa shape index (κ3) is 4.91. The number of anilines is 1. The van der Waals surface area contributed by atoms with Crippen molar-refractivity contribution in [3.05, 3.63) is 89.5 Å². The summed E-state index contributed by atoms with van der Waals surface area (Å²) in [4.78, 5) is 40.9. The van der Waals surface area contributed by atoms with Crippen LogP contribution in [0.5, 0.6) is 0 Å². The maximum Gasteiger partial charge on any atom is 0.253 e. The van der Waals surface area contributed by atoms with Gasteiger partial charge in [0.25, 0.3) is 5.91 Å². The topological polar surface area (TPSA) is 78.5 Å². The van der Waals surface area contributed by atoms with Crippen LogP contribution < -0.4 is 15.5 Å². The van der Waals surface area contributed by atoms with E-state index >= 15 is 0 Å². The number of carbonyl (C=O) groups excluding carboxylic acids is 3. The highest BCUT2D eigenvalue weighted by Gasteiger charge is 2.35. The monoisotopic (exact) mass is 477 g/mol. The highest BCUT2D eigenvalue weighted by Crippen LogP contribution is 2.39. The van der Waals surface area contributed by atoms with Gasteiger partial charge in [-0.2, -0.15) is 0 Å². The molecular weight excluding hydrogens is 452 g/mol. The second kappa shape index (κ2) is 10.0. The Morgan fingerprint density at radius 3 is 2.26 bits per heavy atom. The van der Waals surface area contributed by atoms with Crippen LogP contribution in [0, 0.1) is 17.6 Å². The van der Waals surface area contributed by atoms with E-state index in [0.29, 0.717) is 11.3 Å². The summed E-state index contributed by atoms with van der Waals surface area (Å²) in [5.74, 6) is -4.14. The fraction of sp³-hybridized carbons (Fsp3) is 0.222. The SMILES string of the molecule is CCC(C(=O)NCc1cc(F)cc(F)c1)C(=O)NC1C(=O)N(C)c2ccccc2-c2ccccc21. The first-order chi connectivity index (χ1) is 16.8. The molecule has 0 radical (unpaired) electrons. The fourth-order valence-corrected chi connectivity index (χ4v) is 4.33. The van der Waals surface area contributed by atoms with Crippen molar-refractivity contribution >= 4 is 23.4 Å². The van der Waals surface area contributed by atoms with Gasteiger partial charge in [0.1, 0.15) is 23.6 Å². The molecule has 0 spiro atoms. The van der Waals surface area contributed by atoms with Gasteiger partial charge in [-0.15, -0.1) is 0 Å². The number of nitrogens with zero attached hydrogens (tertiary/aromatic N) is 1. The maximum absolute atomic E-state index is 13.4. The molecule has 4 rings (SSSR count). The Morgan fingerprint density at radius 1 is 0.943 bits per heavy atom. The lowest BCUT2D eigenvalue weighted by molar-refractivity contribution is -0.137. The van der Waals surface area contributed by atoms with Crippen LogP contribution in [0.25, 0.3) is 11.1 Å². The zero-order valence-corrected chi connectivity index (χ0v) is 19.3. The third-order valence-electron chi connectivity index (χ3n) is 6.12. The van der Waals surface area contributed by atoms with Gasteiger partial charge in [0.15, 0.2) is 0 Å². The molecule has 0 aliphatic carbocycles. The average molecular weight is 478 g/mol. The molecule has 3 amide bonds. The lowest BCUT2D eigenvalue weighted by Crippen LogP contribution is -2.46. The van der Waals surface area contributed by atoms with Gasteiger partial charge in [-0.25, -0.2) is 8.78 Å².